The molecule has 0 aliphatic rings. The van der Waals surface area contributed by atoms with Crippen molar-refractivity contribution in [2.24, 2.45) is 0 Å². The first kappa shape index (κ1) is 6.60. The summed E-state index contributed by atoms with van der Waals surface area (Å²) < 4.78 is 1.64. The van der Waals surface area contributed by atoms with Gasteiger partial charge in [0.25, 0.3) is 0 Å². The van der Waals surface area contributed by atoms with Gasteiger partial charge in [-0.25, -0.2) is 14.5 Å². The number of aromatic nitrogens is 4. The largest absolute Gasteiger partial charge is 0.239 e. The first-order valence-corrected chi connectivity index (χ1v) is 3.58. The van der Waals surface area contributed by atoms with Gasteiger partial charge in [-0.05, 0) is 6.92 Å². The SMILES string of the molecule is Cc1nc2cncnn2c1S. The van der Waals surface area contributed by atoms with Gasteiger partial charge in [0.15, 0.2) is 5.65 Å². The summed E-state index contributed by atoms with van der Waals surface area (Å²) in [6, 6.07) is 0. The zero-order valence-corrected chi connectivity index (χ0v) is 6.79. The molecule has 0 aliphatic heterocycles. The zero-order valence-electron chi connectivity index (χ0n) is 5.89. The number of rotatable bonds is 0. The summed E-state index contributed by atoms with van der Waals surface area (Å²) in [4.78, 5) is 8.01. The fourth-order valence-electron chi connectivity index (χ4n) is 0.910. The van der Waals surface area contributed by atoms with E-state index in [0.29, 0.717) is 0 Å². The van der Waals surface area contributed by atoms with Crippen LogP contribution in [0.2, 0.25) is 0 Å². The Bertz CT molecular complexity index is 394. The first-order valence-electron chi connectivity index (χ1n) is 3.13. The van der Waals surface area contributed by atoms with Crippen LogP contribution in [0.4, 0.5) is 0 Å². The molecule has 0 fully saturated rings. The van der Waals surface area contributed by atoms with Crippen LogP contribution in [0.1, 0.15) is 5.69 Å². The van der Waals surface area contributed by atoms with E-state index in [-0.39, 0.29) is 0 Å². The minimum atomic E-state index is 0.731. The highest BCUT2D eigenvalue weighted by Gasteiger charge is 2.03. The Morgan fingerprint density at radius 3 is 3.09 bits per heavy atom. The molecule has 0 aliphatic carbocycles. The number of hydrogen-bond donors (Lipinski definition) is 1. The van der Waals surface area contributed by atoms with E-state index in [0.717, 1.165) is 16.4 Å². The Balaban J connectivity index is 2.92. The second-order valence-electron chi connectivity index (χ2n) is 2.20. The predicted octanol–water partition coefficient (Wildman–Crippen LogP) is 0.721. The van der Waals surface area contributed by atoms with Gasteiger partial charge >= 0.3 is 0 Å². The molecule has 0 unspecified atom stereocenters. The summed E-state index contributed by atoms with van der Waals surface area (Å²) in [6.45, 7) is 1.89. The molecule has 0 radical (unpaired) electrons. The van der Waals surface area contributed by atoms with Gasteiger partial charge in [0, 0.05) is 0 Å². The summed E-state index contributed by atoms with van der Waals surface area (Å²) in [5.41, 5.74) is 1.60. The number of hydrogen-bond acceptors (Lipinski definition) is 4. The van der Waals surface area contributed by atoms with Gasteiger partial charge in [-0.1, -0.05) is 0 Å². The average molecular weight is 166 g/mol. The molecule has 56 valence electrons. The minimum absolute atomic E-state index is 0.731. The summed E-state index contributed by atoms with van der Waals surface area (Å²) in [6.07, 6.45) is 3.12. The number of fused-ring (bicyclic) bond motifs is 1. The van der Waals surface area contributed by atoms with Gasteiger partial charge in [-0.15, -0.1) is 12.6 Å². The third-order valence-corrected chi connectivity index (χ3v) is 1.96. The Hall–Kier alpha value is -1.10. The lowest BCUT2D eigenvalue weighted by Gasteiger charge is -1.89. The van der Waals surface area contributed by atoms with Crippen LogP contribution in [0.5, 0.6) is 0 Å². The van der Waals surface area contributed by atoms with Crippen molar-refractivity contribution in [3.63, 3.8) is 0 Å². The van der Waals surface area contributed by atoms with E-state index in [9.17, 15) is 0 Å². The van der Waals surface area contributed by atoms with Crippen molar-refractivity contribution in [2.45, 2.75) is 11.9 Å². The molecular formula is C6H6N4S. The maximum atomic E-state index is 4.23. The van der Waals surface area contributed by atoms with Gasteiger partial charge in [0.05, 0.1) is 11.9 Å². The van der Waals surface area contributed by atoms with Gasteiger partial charge < -0.3 is 0 Å². The fourth-order valence-corrected chi connectivity index (χ4v) is 1.11. The minimum Gasteiger partial charge on any atom is -0.239 e. The zero-order chi connectivity index (χ0) is 7.84. The topological polar surface area (TPSA) is 43.1 Å². The Kier molecular flexibility index (Phi) is 1.32. The highest BCUT2D eigenvalue weighted by atomic mass is 32.1. The highest BCUT2D eigenvalue weighted by molar-refractivity contribution is 7.80. The number of aryl methyl sites for hydroxylation is 1. The molecule has 2 aromatic rings. The maximum absolute atomic E-state index is 4.23. The quantitative estimate of drug-likeness (QED) is 0.586. The van der Waals surface area contributed by atoms with Crippen LogP contribution in [0, 0.1) is 6.92 Å². The van der Waals surface area contributed by atoms with Crippen LogP contribution in [-0.2, 0) is 0 Å². The molecule has 5 heteroatoms. The third kappa shape index (κ3) is 0.883. The molecule has 0 atom stereocenters. The molecule has 0 amide bonds. The molecule has 0 aromatic carbocycles. The number of thiol groups is 1. The number of nitrogens with zero attached hydrogens (tertiary/aromatic N) is 4. The van der Waals surface area contributed by atoms with Crippen molar-refractivity contribution in [1.82, 2.24) is 19.6 Å². The Morgan fingerprint density at radius 1 is 1.55 bits per heavy atom. The molecule has 2 heterocycles. The lowest BCUT2D eigenvalue weighted by atomic mass is 10.6. The van der Waals surface area contributed by atoms with Gasteiger partial charge in [-0.3, -0.25) is 0 Å². The van der Waals surface area contributed by atoms with E-state index in [1.807, 2.05) is 6.92 Å². The lowest BCUT2D eigenvalue weighted by Crippen LogP contribution is -1.91. The highest BCUT2D eigenvalue weighted by Crippen LogP contribution is 2.11. The molecule has 2 rings (SSSR count). The van der Waals surface area contributed by atoms with Gasteiger partial charge in [0.2, 0.25) is 0 Å². The van der Waals surface area contributed by atoms with Gasteiger partial charge in [-0.2, -0.15) is 5.10 Å². The van der Waals surface area contributed by atoms with E-state index in [1.54, 1.807) is 10.7 Å². The van der Waals surface area contributed by atoms with Crippen LogP contribution in [0.15, 0.2) is 17.6 Å². The molecule has 0 spiro atoms. The summed E-state index contributed by atoms with van der Waals surface area (Å²) in [7, 11) is 0. The van der Waals surface area contributed by atoms with Crippen molar-refractivity contribution in [1.29, 1.82) is 0 Å². The average Bonchev–Trinajstić information content (AvgIpc) is 2.30. The second-order valence-corrected chi connectivity index (χ2v) is 2.62. The molecule has 0 saturated heterocycles. The fraction of sp³-hybridized carbons (Fsp3) is 0.167. The van der Waals surface area contributed by atoms with E-state index in [1.165, 1.54) is 6.33 Å². The van der Waals surface area contributed by atoms with Crippen LogP contribution < -0.4 is 0 Å². The third-order valence-electron chi connectivity index (χ3n) is 1.45. The molecule has 4 nitrogen and oxygen atoms in total. The molecular weight excluding hydrogens is 160 g/mol. The predicted molar refractivity (Wildman–Crippen MR) is 42.8 cm³/mol. The van der Waals surface area contributed by atoms with Crippen LogP contribution in [-0.4, -0.2) is 19.6 Å². The van der Waals surface area contributed by atoms with Crippen LogP contribution >= 0.6 is 12.6 Å². The molecule has 2 aromatic heterocycles. The van der Waals surface area contributed by atoms with Crippen LogP contribution in [0.25, 0.3) is 5.65 Å². The normalized spacial score (nSPS) is 10.7. The smallest absolute Gasteiger partial charge is 0.173 e. The first-order chi connectivity index (χ1) is 5.29. The van der Waals surface area contributed by atoms with Crippen molar-refractivity contribution in [2.75, 3.05) is 0 Å². The van der Waals surface area contributed by atoms with Crippen LogP contribution in [0.3, 0.4) is 0 Å². The van der Waals surface area contributed by atoms with E-state index >= 15 is 0 Å². The summed E-state index contributed by atoms with van der Waals surface area (Å²) in [5, 5.41) is 4.73. The van der Waals surface area contributed by atoms with Crippen molar-refractivity contribution in [3.05, 3.63) is 18.2 Å². The van der Waals surface area contributed by atoms with Crippen molar-refractivity contribution in [3.8, 4) is 0 Å². The van der Waals surface area contributed by atoms with E-state index in [2.05, 4.69) is 27.7 Å². The molecule has 11 heavy (non-hydrogen) atoms. The Morgan fingerprint density at radius 2 is 2.36 bits per heavy atom. The second kappa shape index (κ2) is 2.20. The Labute approximate surface area is 68.7 Å². The molecule has 0 saturated carbocycles. The lowest BCUT2D eigenvalue weighted by molar-refractivity contribution is 0.826. The van der Waals surface area contributed by atoms with E-state index < -0.39 is 0 Å². The van der Waals surface area contributed by atoms with E-state index in [4.69, 9.17) is 0 Å². The maximum Gasteiger partial charge on any atom is 0.173 e. The van der Waals surface area contributed by atoms with Gasteiger partial charge in [0.1, 0.15) is 11.4 Å². The molecule has 0 N–H and O–H groups in total. The summed E-state index contributed by atoms with van der Waals surface area (Å²) >= 11 is 4.23. The monoisotopic (exact) mass is 166 g/mol. The summed E-state index contributed by atoms with van der Waals surface area (Å²) in [5.74, 6) is 0. The van der Waals surface area contributed by atoms with Crippen molar-refractivity contribution < 1.29 is 0 Å². The van der Waals surface area contributed by atoms with Crippen molar-refractivity contribution >= 4 is 18.3 Å². The molecule has 0 bridgehead atoms. The number of imidazole rings is 1. The standard InChI is InChI=1S/C6H6N4S/c1-4-6(11)10-5(9-4)2-7-3-8-10/h2-3,11H,1H3.